The molecule has 0 radical (unpaired) electrons. The molecule has 0 atom stereocenters. The molecule has 1 fully saturated rings. The number of nitriles is 1. The Labute approximate surface area is 102 Å². The summed E-state index contributed by atoms with van der Waals surface area (Å²) in [5.41, 5.74) is 7.68. The fourth-order valence-electron chi connectivity index (χ4n) is 3.03. The molecule has 0 aliphatic heterocycles. The van der Waals surface area contributed by atoms with Crippen LogP contribution in [0.25, 0.3) is 0 Å². The zero-order chi connectivity index (χ0) is 12.0. The van der Waals surface area contributed by atoms with E-state index in [0.29, 0.717) is 10.6 Å². The van der Waals surface area contributed by atoms with E-state index >= 15 is 0 Å². The molecule has 1 aliphatic carbocycles. The lowest BCUT2D eigenvalue weighted by Crippen LogP contribution is -2.59. The lowest BCUT2D eigenvalue weighted by Gasteiger charge is -2.52. The second-order valence-electron chi connectivity index (χ2n) is 5.37. The maximum atomic E-state index is 9.10. The second-order valence-corrected chi connectivity index (χ2v) is 5.81. The first kappa shape index (κ1) is 11.5. The highest BCUT2D eigenvalue weighted by atomic mass is 35.5. The minimum atomic E-state index is -0.107. The first-order valence-corrected chi connectivity index (χ1v) is 5.73. The molecule has 0 heterocycles. The number of hydrogen-bond acceptors (Lipinski definition) is 2. The summed E-state index contributed by atoms with van der Waals surface area (Å²) in [7, 11) is 2.05. The van der Waals surface area contributed by atoms with Gasteiger partial charge in [0.05, 0.1) is 11.6 Å². The highest BCUT2D eigenvalue weighted by molar-refractivity contribution is 6.30. The number of nitrogens with two attached hydrogens (primary N) is 1. The van der Waals surface area contributed by atoms with Crippen molar-refractivity contribution < 1.29 is 0 Å². The molecule has 0 bridgehead atoms. The predicted octanol–water partition coefficient (Wildman–Crippen LogP) is 1.55. The summed E-state index contributed by atoms with van der Waals surface area (Å²) in [6.07, 6.45) is 1.80. The van der Waals surface area contributed by atoms with Crippen LogP contribution in [-0.4, -0.2) is 13.3 Å². The average Bonchev–Trinajstić information content (AvgIpc) is 2.14. The molecule has 1 saturated carbocycles. The van der Waals surface area contributed by atoms with Gasteiger partial charge in [-0.3, -0.25) is 0 Å². The van der Waals surface area contributed by atoms with Crippen LogP contribution in [0.15, 0.2) is 18.2 Å². The van der Waals surface area contributed by atoms with Gasteiger partial charge in [0.25, 0.3) is 0 Å². The smallest absolute Gasteiger partial charge is 0.127 e. The first-order valence-electron chi connectivity index (χ1n) is 5.35. The van der Waals surface area contributed by atoms with E-state index in [1.807, 2.05) is 13.9 Å². The summed E-state index contributed by atoms with van der Waals surface area (Å²) >= 11 is 5.99. The number of hydrogen-bond donors (Lipinski definition) is 1. The van der Waals surface area contributed by atoms with Crippen molar-refractivity contribution in [2.45, 2.75) is 30.6 Å². The van der Waals surface area contributed by atoms with Crippen LogP contribution in [0.3, 0.4) is 0 Å². The fraction of sp³-hybridized carbons (Fsp3) is 0.417. The Morgan fingerprint density at radius 3 is 2.62 bits per heavy atom. The van der Waals surface area contributed by atoms with Gasteiger partial charge in [0.2, 0.25) is 0 Å². The van der Waals surface area contributed by atoms with Crippen LogP contribution in [0.5, 0.6) is 0 Å². The van der Waals surface area contributed by atoms with Crippen molar-refractivity contribution in [1.29, 1.82) is 5.26 Å². The molecule has 4 heteroatoms. The van der Waals surface area contributed by atoms with Crippen LogP contribution in [0.2, 0.25) is 5.02 Å². The van der Waals surface area contributed by atoms with Gasteiger partial charge >= 0.3 is 0 Å². The quantitative estimate of drug-likeness (QED) is 0.747. The molecule has 2 nitrogen and oxygen atoms in total. The van der Waals surface area contributed by atoms with Crippen molar-refractivity contribution >= 4 is 19.4 Å². The normalized spacial score (nSPS) is 32.9. The number of rotatable bonds is 1. The number of benzene rings is 1. The van der Waals surface area contributed by atoms with Gasteiger partial charge in [-0.25, -0.2) is 0 Å². The lowest BCUT2D eigenvalue weighted by atomic mass is 9.48. The Balaban J connectivity index is 2.42. The van der Waals surface area contributed by atoms with Crippen molar-refractivity contribution in [2.24, 2.45) is 5.73 Å². The van der Waals surface area contributed by atoms with E-state index in [1.54, 1.807) is 12.1 Å². The van der Waals surface area contributed by atoms with E-state index < -0.39 is 0 Å². The second kappa shape index (κ2) is 3.51. The van der Waals surface area contributed by atoms with Gasteiger partial charge in [-0.2, -0.15) is 5.26 Å². The standard InChI is InChI=1S/C12H14BClN2/c1-11(6-12(13,16)7-11)10-4-9(14)3-2-8(10)5-15/h2-4H,6-7,13,16H2,1H3. The minimum absolute atomic E-state index is 0.000532. The Bertz CT molecular complexity index is 468. The highest BCUT2D eigenvalue weighted by Crippen LogP contribution is 2.48. The van der Waals surface area contributed by atoms with E-state index in [4.69, 9.17) is 22.6 Å². The third kappa shape index (κ3) is 1.84. The van der Waals surface area contributed by atoms with Crippen LogP contribution in [-0.2, 0) is 5.41 Å². The minimum Gasteiger partial charge on any atom is -0.332 e. The van der Waals surface area contributed by atoms with Crippen LogP contribution in [0.1, 0.15) is 30.9 Å². The Kier molecular flexibility index (Phi) is 2.53. The van der Waals surface area contributed by atoms with Crippen molar-refractivity contribution in [1.82, 2.24) is 0 Å². The molecule has 2 N–H and O–H groups in total. The predicted molar refractivity (Wildman–Crippen MR) is 68.2 cm³/mol. The Hall–Kier alpha value is -0.975. The molecule has 2 rings (SSSR count). The molecule has 0 amide bonds. The number of halogens is 1. The van der Waals surface area contributed by atoms with Gasteiger partial charge in [0.15, 0.2) is 0 Å². The molecular weight excluding hydrogens is 218 g/mol. The fourth-order valence-corrected chi connectivity index (χ4v) is 3.21. The first-order chi connectivity index (χ1) is 7.36. The van der Waals surface area contributed by atoms with Gasteiger partial charge in [0.1, 0.15) is 7.85 Å². The molecular formula is C12H14BClN2. The third-order valence-electron chi connectivity index (χ3n) is 3.34. The van der Waals surface area contributed by atoms with E-state index in [9.17, 15) is 0 Å². The lowest BCUT2D eigenvalue weighted by molar-refractivity contribution is 0.192. The van der Waals surface area contributed by atoms with Gasteiger partial charge in [-0.15, -0.1) is 0 Å². The summed E-state index contributed by atoms with van der Waals surface area (Å²) in [5, 5.41) is 9.78. The summed E-state index contributed by atoms with van der Waals surface area (Å²) in [4.78, 5) is 0. The molecule has 1 aromatic rings. The van der Waals surface area contributed by atoms with Gasteiger partial charge in [-0.05, 0) is 47.5 Å². The van der Waals surface area contributed by atoms with E-state index in [2.05, 4.69) is 13.0 Å². The molecule has 0 aromatic heterocycles. The zero-order valence-electron chi connectivity index (χ0n) is 9.55. The van der Waals surface area contributed by atoms with Crippen molar-refractivity contribution in [3.63, 3.8) is 0 Å². The molecule has 1 aliphatic rings. The summed E-state index contributed by atoms with van der Waals surface area (Å²) in [6, 6.07) is 7.67. The van der Waals surface area contributed by atoms with E-state index in [0.717, 1.165) is 18.4 Å². The molecule has 0 spiro atoms. The van der Waals surface area contributed by atoms with Crippen LogP contribution >= 0.6 is 11.6 Å². The topological polar surface area (TPSA) is 49.8 Å². The maximum Gasteiger partial charge on any atom is 0.127 e. The van der Waals surface area contributed by atoms with Gasteiger partial charge in [0, 0.05) is 5.02 Å². The molecule has 16 heavy (non-hydrogen) atoms. The molecule has 82 valence electrons. The van der Waals surface area contributed by atoms with Crippen LogP contribution in [0, 0.1) is 11.3 Å². The summed E-state index contributed by atoms with van der Waals surface area (Å²) < 4.78 is 0. The monoisotopic (exact) mass is 232 g/mol. The van der Waals surface area contributed by atoms with Crippen LogP contribution in [0.4, 0.5) is 0 Å². The van der Waals surface area contributed by atoms with Crippen LogP contribution < -0.4 is 5.73 Å². The largest absolute Gasteiger partial charge is 0.332 e. The third-order valence-corrected chi connectivity index (χ3v) is 3.58. The maximum absolute atomic E-state index is 9.10. The molecule has 1 aromatic carbocycles. The SMILES string of the molecule is BC1(N)CC(C)(c2cc(Cl)ccc2C#N)C1. The zero-order valence-corrected chi connectivity index (χ0v) is 10.3. The Morgan fingerprint density at radius 1 is 1.50 bits per heavy atom. The van der Waals surface area contributed by atoms with Crippen molar-refractivity contribution in [3.8, 4) is 6.07 Å². The van der Waals surface area contributed by atoms with Gasteiger partial charge < -0.3 is 5.73 Å². The van der Waals surface area contributed by atoms with Crippen molar-refractivity contribution in [2.75, 3.05) is 0 Å². The summed E-state index contributed by atoms with van der Waals surface area (Å²) in [5.74, 6) is 0. The van der Waals surface area contributed by atoms with E-state index in [1.165, 1.54) is 0 Å². The van der Waals surface area contributed by atoms with E-state index in [-0.39, 0.29) is 10.9 Å². The Morgan fingerprint density at radius 2 is 2.12 bits per heavy atom. The summed E-state index contributed by atoms with van der Waals surface area (Å²) in [6.45, 7) is 2.15. The number of nitrogens with zero attached hydrogens (tertiary/aromatic N) is 1. The molecule has 0 unspecified atom stereocenters. The van der Waals surface area contributed by atoms with Crippen molar-refractivity contribution in [3.05, 3.63) is 34.3 Å². The molecule has 0 saturated heterocycles. The van der Waals surface area contributed by atoms with Gasteiger partial charge in [-0.1, -0.05) is 18.5 Å². The highest BCUT2D eigenvalue weighted by Gasteiger charge is 2.48. The average molecular weight is 233 g/mol.